The molecule has 0 aromatic carbocycles. The van der Waals surface area contributed by atoms with Gasteiger partial charge in [-0.1, -0.05) is 27.7 Å². The van der Waals surface area contributed by atoms with Gasteiger partial charge in [-0.2, -0.15) is 11.8 Å². The standard InChI is InChI=1S/C13H25NO3S.C13H25NO2S/c1-10(2)18(16)11-6-8-14(9-7-11)12(15)17-13(3,4)5;1-10(2)17-11-6-8-14(9-7-11)12(15)16-13(3,4)5/h10-11H,6-9H2,1-5H3;10-11H,6-9H2,1-5H3. The highest BCUT2D eigenvalue weighted by molar-refractivity contribution is 8.00. The zero-order valence-electron chi connectivity index (χ0n) is 23.7. The number of piperidine rings is 2. The summed E-state index contributed by atoms with van der Waals surface area (Å²) in [5.74, 6) is 0. The number of rotatable bonds is 4. The van der Waals surface area contributed by atoms with Crippen LogP contribution in [-0.2, 0) is 20.3 Å². The number of carbonyl (C=O) groups excluding carboxylic acids is 2. The molecule has 206 valence electrons. The van der Waals surface area contributed by atoms with Gasteiger partial charge in [0.25, 0.3) is 0 Å². The maximum Gasteiger partial charge on any atom is 0.410 e. The zero-order chi connectivity index (χ0) is 27.0. The van der Waals surface area contributed by atoms with Crippen molar-refractivity contribution < 1.29 is 23.3 Å². The Bertz CT molecular complexity index is 685. The van der Waals surface area contributed by atoms with E-state index in [0.717, 1.165) is 38.8 Å². The summed E-state index contributed by atoms with van der Waals surface area (Å²) < 4.78 is 22.7. The number of likely N-dealkylation sites (tertiary alicyclic amines) is 2. The average Bonchev–Trinajstić information content (AvgIpc) is 2.71. The van der Waals surface area contributed by atoms with Gasteiger partial charge in [0.05, 0.1) is 0 Å². The number of ether oxygens (including phenoxy) is 2. The lowest BCUT2D eigenvalue weighted by Crippen LogP contribution is -2.44. The summed E-state index contributed by atoms with van der Waals surface area (Å²) in [7, 11) is -0.784. The highest BCUT2D eigenvalue weighted by atomic mass is 32.2. The van der Waals surface area contributed by atoms with Crippen molar-refractivity contribution in [1.82, 2.24) is 9.80 Å². The third-order valence-corrected chi connectivity index (χ3v) is 8.90. The normalized spacial score (nSPS) is 19.3. The maximum atomic E-state index is 12.0. The van der Waals surface area contributed by atoms with E-state index in [2.05, 4.69) is 13.8 Å². The molecule has 2 saturated heterocycles. The number of hydrogen-bond acceptors (Lipinski definition) is 6. The number of hydrogen-bond donors (Lipinski definition) is 0. The lowest BCUT2D eigenvalue weighted by Gasteiger charge is -2.33. The summed E-state index contributed by atoms with van der Waals surface area (Å²) in [6.45, 7) is 22.7. The Morgan fingerprint density at radius 3 is 1.46 bits per heavy atom. The zero-order valence-corrected chi connectivity index (χ0v) is 25.4. The molecule has 1 atom stereocenters. The molecule has 2 amide bonds. The van der Waals surface area contributed by atoms with Crippen molar-refractivity contribution in [2.24, 2.45) is 0 Å². The number of amides is 2. The molecular formula is C26H50N2O5S2. The molecule has 2 aliphatic rings. The Balaban J connectivity index is 0.000000351. The second kappa shape index (κ2) is 14.1. The largest absolute Gasteiger partial charge is 0.444 e. The van der Waals surface area contributed by atoms with Crippen LogP contribution in [0.3, 0.4) is 0 Å². The third kappa shape index (κ3) is 13.2. The fraction of sp³-hybridized carbons (Fsp3) is 0.923. The summed E-state index contributed by atoms with van der Waals surface area (Å²) in [5, 5.41) is 1.80. The second-order valence-corrected chi connectivity index (χ2v) is 16.0. The van der Waals surface area contributed by atoms with E-state index in [1.54, 1.807) is 4.90 Å². The molecule has 35 heavy (non-hydrogen) atoms. The van der Waals surface area contributed by atoms with Gasteiger partial charge in [-0.15, -0.1) is 0 Å². The molecule has 2 fully saturated rings. The molecule has 9 heteroatoms. The van der Waals surface area contributed by atoms with Crippen molar-refractivity contribution in [3.05, 3.63) is 0 Å². The Morgan fingerprint density at radius 1 is 0.771 bits per heavy atom. The van der Waals surface area contributed by atoms with Crippen LogP contribution in [0.2, 0.25) is 0 Å². The van der Waals surface area contributed by atoms with Crippen molar-refractivity contribution in [3.8, 4) is 0 Å². The van der Waals surface area contributed by atoms with Crippen LogP contribution in [0.4, 0.5) is 9.59 Å². The monoisotopic (exact) mass is 534 g/mol. The van der Waals surface area contributed by atoms with Gasteiger partial charge < -0.3 is 19.3 Å². The summed E-state index contributed by atoms with van der Waals surface area (Å²) >= 11 is 2.02. The van der Waals surface area contributed by atoms with Crippen molar-refractivity contribution in [1.29, 1.82) is 0 Å². The molecular weight excluding hydrogens is 484 g/mol. The van der Waals surface area contributed by atoms with Crippen LogP contribution in [0.1, 0.15) is 94.9 Å². The minimum absolute atomic E-state index is 0.162. The Hall–Kier alpha value is -0.960. The second-order valence-electron chi connectivity index (χ2n) is 11.9. The smallest absolute Gasteiger partial charge is 0.410 e. The number of carbonyl (C=O) groups is 2. The van der Waals surface area contributed by atoms with Crippen LogP contribution in [-0.4, -0.2) is 84.6 Å². The predicted molar refractivity (Wildman–Crippen MR) is 148 cm³/mol. The highest BCUT2D eigenvalue weighted by Gasteiger charge is 2.30. The molecule has 2 rings (SSSR count). The van der Waals surface area contributed by atoms with E-state index in [-0.39, 0.29) is 28.3 Å². The molecule has 0 aromatic heterocycles. The number of nitrogens with zero attached hydrogens (tertiary/aromatic N) is 2. The summed E-state index contributed by atoms with van der Waals surface area (Å²) in [4.78, 5) is 27.2. The fourth-order valence-corrected chi connectivity index (χ4v) is 6.57. The van der Waals surface area contributed by atoms with Gasteiger partial charge >= 0.3 is 12.2 Å². The molecule has 1 unspecified atom stereocenters. The van der Waals surface area contributed by atoms with Gasteiger partial charge in [0.15, 0.2) is 0 Å². The van der Waals surface area contributed by atoms with E-state index in [9.17, 15) is 13.8 Å². The lowest BCUT2D eigenvalue weighted by atomic mass is 10.1. The van der Waals surface area contributed by atoms with Gasteiger partial charge in [-0.25, -0.2) is 9.59 Å². The van der Waals surface area contributed by atoms with Crippen LogP contribution in [0.25, 0.3) is 0 Å². The first-order valence-electron chi connectivity index (χ1n) is 13.0. The summed E-state index contributed by atoms with van der Waals surface area (Å²) in [6, 6.07) is 0. The van der Waals surface area contributed by atoms with Crippen LogP contribution in [0, 0.1) is 0 Å². The first kappa shape index (κ1) is 32.1. The average molecular weight is 535 g/mol. The molecule has 0 N–H and O–H groups in total. The van der Waals surface area contributed by atoms with Gasteiger partial charge in [0, 0.05) is 52.7 Å². The summed E-state index contributed by atoms with van der Waals surface area (Å²) in [5.41, 5.74) is -0.838. The molecule has 0 saturated carbocycles. The fourth-order valence-electron chi connectivity index (χ4n) is 3.87. The van der Waals surface area contributed by atoms with E-state index < -0.39 is 16.4 Å². The Kier molecular flexibility index (Phi) is 12.9. The van der Waals surface area contributed by atoms with Gasteiger partial charge in [-0.05, 0) is 72.5 Å². The minimum atomic E-state index is -0.784. The van der Waals surface area contributed by atoms with Gasteiger partial charge in [-0.3, -0.25) is 4.21 Å². The Morgan fingerprint density at radius 2 is 1.14 bits per heavy atom. The molecule has 0 radical (unpaired) electrons. The third-order valence-electron chi connectivity index (χ3n) is 5.45. The first-order chi connectivity index (χ1) is 16.0. The molecule has 0 bridgehead atoms. The predicted octanol–water partition coefficient (Wildman–Crippen LogP) is 6.07. The molecule has 0 spiro atoms. The SMILES string of the molecule is CC(C)S(=O)C1CCN(C(=O)OC(C)(C)C)CC1.CC(C)SC1CCN(C(=O)OC(C)(C)C)CC1. The van der Waals surface area contributed by atoms with E-state index in [0.29, 0.717) is 23.6 Å². The van der Waals surface area contributed by atoms with E-state index in [1.165, 1.54) is 0 Å². The molecule has 0 aromatic rings. The van der Waals surface area contributed by atoms with Crippen molar-refractivity contribution in [2.75, 3.05) is 26.2 Å². The number of thioether (sulfide) groups is 1. The molecule has 7 nitrogen and oxygen atoms in total. The Labute approximate surface area is 220 Å². The molecule has 0 aliphatic carbocycles. The first-order valence-corrected chi connectivity index (χ1v) is 15.2. The van der Waals surface area contributed by atoms with E-state index in [4.69, 9.17) is 9.47 Å². The van der Waals surface area contributed by atoms with Crippen LogP contribution in [0.15, 0.2) is 0 Å². The molecule has 2 aliphatic heterocycles. The van der Waals surface area contributed by atoms with Gasteiger partial charge in [0.2, 0.25) is 0 Å². The van der Waals surface area contributed by atoms with Crippen LogP contribution in [0.5, 0.6) is 0 Å². The maximum absolute atomic E-state index is 12.0. The van der Waals surface area contributed by atoms with Crippen molar-refractivity contribution >= 4 is 34.7 Å². The molecule has 2 heterocycles. The summed E-state index contributed by atoms with van der Waals surface area (Å²) in [6.07, 6.45) is 3.37. The van der Waals surface area contributed by atoms with Crippen LogP contribution >= 0.6 is 11.8 Å². The van der Waals surface area contributed by atoms with E-state index >= 15 is 0 Å². The highest BCUT2D eigenvalue weighted by Crippen LogP contribution is 2.27. The van der Waals surface area contributed by atoms with Crippen molar-refractivity contribution in [3.63, 3.8) is 0 Å². The van der Waals surface area contributed by atoms with Crippen LogP contribution < -0.4 is 0 Å². The van der Waals surface area contributed by atoms with E-state index in [1.807, 2.05) is 72.1 Å². The minimum Gasteiger partial charge on any atom is -0.444 e. The lowest BCUT2D eigenvalue weighted by molar-refractivity contribution is 0.0208. The topological polar surface area (TPSA) is 76.2 Å². The van der Waals surface area contributed by atoms with Crippen molar-refractivity contribution in [2.45, 2.75) is 127 Å². The van der Waals surface area contributed by atoms with Gasteiger partial charge in [0.1, 0.15) is 11.2 Å². The quantitative estimate of drug-likeness (QED) is 0.436.